The number of hydrogen-bond donors (Lipinski definition) is 2. The number of amides is 1. The molecule has 0 spiro atoms. The second-order valence-corrected chi connectivity index (χ2v) is 5.08. The molecule has 1 aromatic rings. The fourth-order valence-electron chi connectivity index (χ4n) is 1.04. The summed E-state index contributed by atoms with van der Waals surface area (Å²) in [6.45, 7) is 1.72. The van der Waals surface area contributed by atoms with E-state index in [1.807, 2.05) is 0 Å². The fourth-order valence-corrected chi connectivity index (χ4v) is 1.96. The third-order valence-electron chi connectivity index (χ3n) is 1.90. The van der Waals surface area contributed by atoms with Crippen molar-refractivity contribution in [1.29, 1.82) is 0 Å². The minimum atomic E-state index is -0.347. The highest BCUT2D eigenvalue weighted by molar-refractivity contribution is 9.10. The van der Waals surface area contributed by atoms with E-state index < -0.39 is 0 Å². The molecule has 6 heteroatoms. The lowest BCUT2D eigenvalue weighted by molar-refractivity contribution is 0.0949. The molecular formula is C10H10BrClN2OS. The number of benzene rings is 1. The topological polar surface area (TPSA) is 55.1 Å². The van der Waals surface area contributed by atoms with Crippen molar-refractivity contribution in [3.05, 3.63) is 33.3 Å². The van der Waals surface area contributed by atoms with Crippen molar-refractivity contribution in [2.24, 2.45) is 5.73 Å². The first-order valence-corrected chi connectivity index (χ1v) is 6.04. The largest absolute Gasteiger partial charge is 0.392 e. The van der Waals surface area contributed by atoms with Crippen molar-refractivity contribution in [3.63, 3.8) is 0 Å². The molecule has 0 saturated heterocycles. The predicted octanol–water partition coefficient (Wildman–Crippen LogP) is 2.51. The molecule has 86 valence electrons. The van der Waals surface area contributed by atoms with Gasteiger partial charge in [0.15, 0.2) is 0 Å². The average molecular weight is 322 g/mol. The quantitative estimate of drug-likeness (QED) is 0.841. The summed E-state index contributed by atoms with van der Waals surface area (Å²) in [5.74, 6) is -0.261. The molecular weight excluding hydrogens is 312 g/mol. The van der Waals surface area contributed by atoms with Crippen LogP contribution < -0.4 is 11.1 Å². The zero-order valence-electron chi connectivity index (χ0n) is 8.46. The lowest BCUT2D eigenvalue weighted by Gasteiger charge is -2.12. The van der Waals surface area contributed by atoms with Gasteiger partial charge >= 0.3 is 0 Å². The van der Waals surface area contributed by atoms with Crippen LogP contribution in [0.2, 0.25) is 5.02 Å². The Morgan fingerprint density at radius 3 is 2.69 bits per heavy atom. The molecule has 1 unspecified atom stereocenters. The smallest absolute Gasteiger partial charge is 0.251 e. The average Bonchev–Trinajstić information content (AvgIpc) is 2.15. The summed E-state index contributed by atoms with van der Waals surface area (Å²) in [6, 6.07) is 4.61. The second kappa shape index (κ2) is 5.61. The van der Waals surface area contributed by atoms with Crippen LogP contribution in [0.3, 0.4) is 0 Å². The monoisotopic (exact) mass is 320 g/mol. The fraction of sp³-hybridized carbons (Fsp3) is 0.200. The van der Waals surface area contributed by atoms with E-state index in [0.717, 1.165) is 4.47 Å². The van der Waals surface area contributed by atoms with E-state index >= 15 is 0 Å². The van der Waals surface area contributed by atoms with Gasteiger partial charge in [-0.25, -0.2) is 0 Å². The van der Waals surface area contributed by atoms with Gasteiger partial charge in [-0.3, -0.25) is 4.79 Å². The maximum atomic E-state index is 11.8. The molecule has 0 radical (unpaired) electrons. The van der Waals surface area contributed by atoms with Crippen molar-refractivity contribution in [2.75, 3.05) is 0 Å². The van der Waals surface area contributed by atoms with Crippen molar-refractivity contribution in [1.82, 2.24) is 5.32 Å². The minimum absolute atomic E-state index is 0.245. The summed E-state index contributed by atoms with van der Waals surface area (Å²) in [4.78, 5) is 12.0. The van der Waals surface area contributed by atoms with E-state index in [1.165, 1.54) is 0 Å². The van der Waals surface area contributed by atoms with E-state index in [0.29, 0.717) is 10.6 Å². The van der Waals surface area contributed by atoms with Crippen LogP contribution in [-0.2, 0) is 0 Å². The van der Waals surface area contributed by atoms with Crippen LogP contribution >= 0.6 is 39.7 Å². The molecule has 0 aliphatic rings. The molecule has 1 atom stereocenters. The summed E-state index contributed by atoms with van der Waals surface area (Å²) in [5.41, 5.74) is 5.86. The lowest BCUT2D eigenvalue weighted by atomic mass is 10.2. The van der Waals surface area contributed by atoms with E-state index in [2.05, 4.69) is 21.2 Å². The van der Waals surface area contributed by atoms with Crippen LogP contribution in [0.1, 0.15) is 17.3 Å². The van der Waals surface area contributed by atoms with Gasteiger partial charge in [-0.05, 0) is 25.1 Å². The van der Waals surface area contributed by atoms with Crippen molar-refractivity contribution < 1.29 is 4.79 Å². The summed E-state index contributed by atoms with van der Waals surface area (Å²) < 4.78 is 0.744. The molecule has 0 aromatic heterocycles. The van der Waals surface area contributed by atoms with E-state index in [9.17, 15) is 4.79 Å². The molecule has 16 heavy (non-hydrogen) atoms. The van der Waals surface area contributed by atoms with E-state index in [-0.39, 0.29) is 16.9 Å². The van der Waals surface area contributed by atoms with Gasteiger partial charge in [0.1, 0.15) is 0 Å². The highest BCUT2D eigenvalue weighted by Gasteiger charge is 2.12. The first kappa shape index (κ1) is 13.4. The van der Waals surface area contributed by atoms with Gasteiger partial charge in [0, 0.05) is 15.1 Å². The number of carbonyl (C=O) groups is 1. The van der Waals surface area contributed by atoms with Gasteiger partial charge in [0.05, 0.1) is 11.0 Å². The van der Waals surface area contributed by atoms with Crippen LogP contribution in [0, 0.1) is 0 Å². The molecule has 0 bridgehead atoms. The highest BCUT2D eigenvalue weighted by Crippen LogP contribution is 2.19. The van der Waals surface area contributed by atoms with E-state index in [4.69, 9.17) is 29.6 Å². The summed E-state index contributed by atoms with van der Waals surface area (Å²) in [6.07, 6.45) is 0. The number of rotatable bonds is 3. The number of thiocarbonyl (C=S) groups is 1. The zero-order chi connectivity index (χ0) is 12.3. The van der Waals surface area contributed by atoms with Crippen LogP contribution in [0.15, 0.2) is 22.7 Å². The van der Waals surface area contributed by atoms with Crippen LogP contribution in [0.5, 0.6) is 0 Å². The van der Waals surface area contributed by atoms with Crippen LogP contribution in [-0.4, -0.2) is 16.9 Å². The first-order valence-electron chi connectivity index (χ1n) is 4.46. The maximum absolute atomic E-state index is 11.8. The molecule has 0 aliphatic carbocycles. The normalized spacial score (nSPS) is 11.9. The number of hydrogen-bond acceptors (Lipinski definition) is 2. The Kier molecular flexibility index (Phi) is 4.70. The summed E-state index contributed by atoms with van der Waals surface area (Å²) in [7, 11) is 0. The first-order chi connectivity index (χ1) is 7.40. The molecule has 0 aliphatic heterocycles. The highest BCUT2D eigenvalue weighted by atomic mass is 79.9. The van der Waals surface area contributed by atoms with Gasteiger partial charge in [-0.15, -0.1) is 0 Å². The standard InChI is InChI=1S/C10H10BrClN2OS/c1-5(9(13)16)14-10(15)6-2-7(11)4-8(12)3-6/h2-5H,1H3,(H2,13,16)(H,14,15). The third-order valence-corrected chi connectivity index (χ3v) is 2.93. The Balaban J connectivity index is 2.84. The number of halogens is 2. The van der Waals surface area contributed by atoms with Gasteiger partial charge in [0.2, 0.25) is 0 Å². The molecule has 0 saturated carbocycles. The van der Waals surface area contributed by atoms with Gasteiger partial charge in [-0.2, -0.15) is 0 Å². The van der Waals surface area contributed by atoms with Gasteiger partial charge in [-0.1, -0.05) is 39.7 Å². The number of carbonyl (C=O) groups excluding carboxylic acids is 1. The minimum Gasteiger partial charge on any atom is -0.392 e. The third kappa shape index (κ3) is 3.73. The summed E-state index contributed by atoms with van der Waals surface area (Å²) >= 11 is 13.9. The maximum Gasteiger partial charge on any atom is 0.251 e. The number of nitrogens with one attached hydrogen (secondary N) is 1. The Labute approximate surface area is 112 Å². The molecule has 0 heterocycles. The molecule has 0 fully saturated rings. The van der Waals surface area contributed by atoms with Crippen molar-refractivity contribution in [2.45, 2.75) is 13.0 Å². The Morgan fingerprint density at radius 2 is 2.19 bits per heavy atom. The van der Waals surface area contributed by atoms with Crippen LogP contribution in [0.4, 0.5) is 0 Å². The van der Waals surface area contributed by atoms with E-state index in [1.54, 1.807) is 25.1 Å². The lowest BCUT2D eigenvalue weighted by Crippen LogP contribution is -2.41. The predicted molar refractivity (Wildman–Crippen MR) is 72.9 cm³/mol. The van der Waals surface area contributed by atoms with Crippen LogP contribution in [0.25, 0.3) is 0 Å². The van der Waals surface area contributed by atoms with Crippen molar-refractivity contribution >= 4 is 50.6 Å². The Bertz CT molecular complexity index is 419. The molecule has 1 amide bonds. The van der Waals surface area contributed by atoms with Gasteiger partial charge in [0.25, 0.3) is 5.91 Å². The molecule has 3 N–H and O–H groups in total. The summed E-state index contributed by atoms with van der Waals surface area (Å²) in [5, 5.41) is 3.15. The second-order valence-electron chi connectivity index (χ2n) is 3.26. The van der Waals surface area contributed by atoms with Gasteiger partial charge < -0.3 is 11.1 Å². The molecule has 1 rings (SSSR count). The Hall–Kier alpha value is -0.650. The Morgan fingerprint density at radius 1 is 1.56 bits per heavy atom. The van der Waals surface area contributed by atoms with Crippen molar-refractivity contribution in [3.8, 4) is 0 Å². The molecule has 1 aromatic carbocycles. The number of nitrogens with two attached hydrogens (primary N) is 1. The SMILES string of the molecule is CC(NC(=O)c1cc(Cl)cc(Br)c1)C(N)=S. The zero-order valence-corrected chi connectivity index (χ0v) is 11.6. The molecule has 3 nitrogen and oxygen atoms in total.